The van der Waals surface area contributed by atoms with Gasteiger partial charge in [0, 0.05) is 15.6 Å². The van der Waals surface area contributed by atoms with Crippen LogP contribution in [0.5, 0.6) is 5.75 Å². The molecule has 6 nitrogen and oxygen atoms in total. The molecule has 1 aromatic heterocycles. The van der Waals surface area contributed by atoms with Gasteiger partial charge in [-0.15, -0.1) is 0 Å². The molecule has 0 fully saturated rings. The molecule has 1 heterocycles. The second kappa shape index (κ2) is 8.84. The van der Waals surface area contributed by atoms with Crippen LogP contribution >= 0.6 is 15.9 Å². The summed E-state index contributed by atoms with van der Waals surface area (Å²) in [5, 5.41) is 11.3. The minimum atomic E-state index is -0.335. The highest BCUT2D eigenvalue weighted by molar-refractivity contribution is 9.10. The fourth-order valence-electron chi connectivity index (χ4n) is 2.72. The van der Waals surface area contributed by atoms with E-state index in [-0.39, 0.29) is 5.91 Å². The molecule has 0 aliphatic rings. The first-order chi connectivity index (χ1) is 13.5. The highest BCUT2D eigenvalue weighted by Gasteiger charge is 2.17. The number of benzene rings is 2. The third-order valence-electron chi connectivity index (χ3n) is 4.26. The van der Waals surface area contributed by atoms with E-state index in [9.17, 15) is 4.79 Å². The second-order valence-corrected chi connectivity index (χ2v) is 7.09. The molecule has 0 saturated carbocycles. The molecule has 1 amide bonds. The Morgan fingerprint density at radius 1 is 1.18 bits per heavy atom. The number of hydrogen-bond acceptors (Lipinski definition) is 4. The summed E-state index contributed by atoms with van der Waals surface area (Å²) in [6, 6.07) is 15.3. The molecule has 3 aromatic rings. The molecule has 2 aromatic carbocycles. The normalized spacial score (nSPS) is 11.4. The fraction of sp³-hybridized carbons (Fsp3) is 0.190. The lowest BCUT2D eigenvalue weighted by Crippen LogP contribution is -2.20. The highest BCUT2D eigenvalue weighted by Crippen LogP contribution is 2.25. The van der Waals surface area contributed by atoms with Crippen LogP contribution in [-0.4, -0.2) is 28.4 Å². The lowest BCUT2D eigenvalue weighted by molar-refractivity contribution is 0.0949. The van der Waals surface area contributed by atoms with Crippen LogP contribution in [0.4, 0.5) is 0 Å². The Balaban J connectivity index is 1.74. The van der Waals surface area contributed by atoms with Gasteiger partial charge in [-0.1, -0.05) is 28.1 Å². The Morgan fingerprint density at radius 3 is 2.50 bits per heavy atom. The number of nitrogens with one attached hydrogen (secondary N) is 2. The summed E-state index contributed by atoms with van der Waals surface area (Å²) in [6.45, 7) is 6.26. The number of aromatic amines is 1. The van der Waals surface area contributed by atoms with Gasteiger partial charge in [0.2, 0.25) is 0 Å². The van der Waals surface area contributed by atoms with Gasteiger partial charge in [-0.05, 0) is 62.7 Å². The molecule has 0 unspecified atom stereocenters. The molecular weight excluding hydrogens is 420 g/mol. The predicted molar refractivity (Wildman–Crippen MR) is 114 cm³/mol. The van der Waals surface area contributed by atoms with E-state index in [0.29, 0.717) is 18.0 Å². The van der Waals surface area contributed by atoms with Crippen LogP contribution in [0.25, 0.3) is 11.3 Å². The molecule has 0 spiro atoms. The average Bonchev–Trinajstić information content (AvgIpc) is 3.09. The summed E-state index contributed by atoms with van der Waals surface area (Å²) >= 11 is 3.40. The van der Waals surface area contributed by atoms with Crippen molar-refractivity contribution >= 4 is 27.5 Å². The van der Waals surface area contributed by atoms with E-state index in [4.69, 9.17) is 4.74 Å². The summed E-state index contributed by atoms with van der Waals surface area (Å²) in [7, 11) is 0. The molecule has 0 radical (unpaired) electrons. The van der Waals surface area contributed by atoms with Crippen LogP contribution in [0.15, 0.2) is 58.1 Å². The summed E-state index contributed by atoms with van der Waals surface area (Å²) in [5.41, 5.74) is 7.01. The first-order valence-corrected chi connectivity index (χ1v) is 9.67. The third-order valence-corrected chi connectivity index (χ3v) is 4.79. The van der Waals surface area contributed by atoms with Gasteiger partial charge in [-0.3, -0.25) is 9.89 Å². The Bertz CT molecular complexity index is 992. The van der Waals surface area contributed by atoms with Crippen LogP contribution < -0.4 is 10.2 Å². The molecule has 2 N–H and O–H groups in total. The van der Waals surface area contributed by atoms with Gasteiger partial charge in [-0.2, -0.15) is 10.2 Å². The second-order valence-electron chi connectivity index (χ2n) is 6.17. The Kier molecular flexibility index (Phi) is 6.26. The van der Waals surface area contributed by atoms with E-state index in [1.807, 2.05) is 69.3 Å². The zero-order valence-corrected chi connectivity index (χ0v) is 17.5. The van der Waals surface area contributed by atoms with Crippen LogP contribution in [0.3, 0.4) is 0 Å². The van der Waals surface area contributed by atoms with Crippen molar-refractivity contribution in [1.82, 2.24) is 15.6 Å². The van der Waals surface area contributed by atoms with Crippen LogP contribution in [-0.2, 0) is 0 Å². The largest absolute Gasteiger partial charge is 0.494 e. The number of aromatic nitrogens is 2. The molecule has 0 aliphatic carbocycles. The van der Waals surface area contributed by atoms with Crippen LogP contribution in [0, 0.1) is 6.92 Å². The minimum Gasteiger partial charge on any atom is -0.494 e. The molecule has 7 heteroatoms. The number of carbonyl (C=O) groups excluding carboxylic acids is 1. The maximum Gasteiger partial charge on any atom is 0.289 e. The zero-order chi connectivity index (χ0) is 20.1. The number of hydrazone groups is 1. The van der Waals surface area contributed by atoms with E-state index < -0.39 is 0 Å². The molecule has 28 heavy (non-hydrogen) atoms. The molecule has 0 atom stereocenters. The van der Waals surface area contributed by atoms with Crippen molar-refractivity contribution in [3.05, 3.63) is 69.8 Å². The lowest BCUT2D eigenvalue weighted by atomic mass is 10.1. The van der Waals surface area contributed by atoms with Crippen LogP contribution in [0.2, 0.25) is 0 Å². The van der Waals surface area contributed by atoms with Gasteiger partial charge < -0.3 is 4.74 Å². The van der Waals surface area contributed by atoms with Crippen molar-refractivity contribution < 1.29 is 9.53 Å². The van der Waals surface area contributed by atoms with Gasteiger partial charge in [-0.25, -0.2) is 5.43 Å². The Labute approximate surface area is 172 Å². The Hall–Kier alpha value is -2.93. The molecule has 3 rings (SSSR count). The van der Waals surface area contributed by atoms with Crippen molar-refractivity contribution in [2.75, 3.05) is 6.61 Å². The molecule has 0 bridgehead atoms. The number of H-pyrrole nitrogens is 1. The number of ether oxygens (including phenoxy) is 1. The van der Waals surface area contributed by atoms with Crippen molar-refractivity contribution in [2.45, 2.75) is 20.8 Å². The first kappa shape index (κ1) is 19.8. The molecule has 0 aliphatic heterocycles. The number of halogens is 1. The fourth-order valence-corrected chi connectivity index (χ4v) is 2.99. The standard InChI is InChI=1S/C21H21BrN4O2/c1-4-28-18-11-7-16(8-12-18)19-13(2)20(25-24-19)21(27)26-23-14(3)15-5-9-17(22)10-6-15/h5-12H,4H2,1-3H3,(H,24,25)(H,26,27)/b23-14+. The predicted octanol–water partition coefficient (Wildman–Crippen LogP) is 4.70. The Morgan fingerprint density at radius 2 is 1.86 bits per heavy atom. The van der Waals surface area contributed by atoms with Gasteiger partial charge >= 0.3 is 0 Å². The highest BCUT2D eigenvalue weighted by atomic mass is 79.9. The number of nitrogens with zero attached hydrogens (tertiary/aromatic N) is 2. The van der Waals surface area contributed by atoms with E-state index >= 15 is 0 Å². The van der Waals surface area contributed by atoms with Gasteiger partial charge in [0.1, 0.15) is 11.4 Å². The minimum absolute atomic E-state index is 0.335. The van der Waals surface area contributed by atoms with Gasteiger partial charge in [0.15, 0.2) is 0 Å². The molecule has 0 saturated heterocycles. The van der Waals surface area contributed by atoms with Crippen molar-refractivity contribution in [2.24, 2.45) is 5.10 Å². The van der Waals surface area contributed by atoms with E-state index in [0.717, 1.165) is 32.6 Å². The lowest BCUT2D eigenvalue weighted by Gasteiger charge is -2.05. The smallest absolute Gasteiger partial charge is 0.289 e. The van der Waals surface area contributed by atoms with Gasteiger partial charge in [0.05, 0.1) is 18.0 Å². The number of amides is 1. The summed E-state index contributed by atoms with van der Waals surface area (Å²) in [5.74, 6) is 0.466. The van der Waals surface area contributed by atoms with E-state index in [2.05, 4.69) is 36.7 Å². The summed E-state index contributed by atoms with van der Waals surface area (Å²) in [4.78, 5) is 12.5. The quantitative estimate of drug-likeness (QED) is 0.430. The number of carbonyl (C=O) groups is 1. The maximum atomic E-state index is 12.5. The monoisotopic (exact) mass is 440 g/mol. The first-order valence-electron chi connectivity index (χ1n) is 8.88. The number of rotatable bonds is 6. The maximum absolute atomic E-state index is 12.5. The summed E-state index contributed by atoms with van der Waals surface area (Å²) < 4.78 is 6.45. The molecule has 144 valence electrons. The zero-order valence-electron chi connectivity index (χ0n) is 15.9. The van der Waals surface area contributed by atoms with E-state index in [1.54, 1.807) is 0 Å². The SMILES string of the molecule is CCOc1ccc(-c2n[nH]c(C(=O)N/N=C(\C)c3ccc(Br)cc3)c2C)cc1. The topological polar surface area (TPSA) is 79.4 Å². The van der Waals surface area contributed by atoms with Crippen molar-refractivity contribution in [1.29, 1.82) is 0 Å². The average molecular weight is 441 g/mol. The van der Waals surface area contributed by atoms with Gasteiger partial charge in [0.25, 0.3) is 5.91 Å². The van der Waals surface area contributed by atoms with Crippen molar-refractivity contribution in [3.63, 3.8) is 0 Å². The number of hydrogen-bond donors (Lipinski definition) is 2. The summed E-state index contributed by atoms with van der Waals surface area (Å²) in [6.07, 6.45) is 0. The third kappa shape index (κ3) is 4.48. The van der Waals surface area contributed by atoms with Crippen molar-refractivity contribution in [3.8, 4) is 17.0 Å². The molecular formula is C21H21BrN4O2. The van der Waals surface area contributed by atoms with Crippen LogP contribution in [0.1, 0.15) is 35.5 Å². The van der Waals surface area contributed by atoms with E-state index in [1.165, 1.54) is 0 Å².